The Balaban J connectivity index is 2.20. The first kappa shape index (κ1) is 21.0. The van der Waals surface area contributed by atoms with Gasteiger partial charge >= 0.3 is 16.1 Å². The summed E-state index contributed by atoms with van der Waals surface area (Å²) in [7, 11) is -3.37. The Morgan fingerprint density at radius 2 is 2.03 bits per heavy atom. The SMILES string of the molecule is CNC(=O)OCc1cn(S(=O)(=O)c2ccc(C(N)=O)o2)c(-c2cccnc2F)c1F. The van der Waals surface area contributed by atoms with Crippen molar-refractivity contribution in [1.82, 2.24) is 14.3 Å². The molecule has 0 fully saturated rings. The number of nitrogens with two attached hydrogens (primary N) is 1. The highest BCUT2D eigenvalue weighted by molar-refractivity contribution is 7.89. The smallest absolute Gasteiger partial charge is 0.407 e. The van der Waals surface area contributed by atoms with Crippen LogP contribution in [-0.4, -0.2) is 36.4 Å². The van der Waals surface area contributed by atoms with Crippen molar-refractivity contribution in [2.45, 2.75) is 11.7 Å². The van der Waals surface area contributed by atoms with Crippen molar-refractivity contribution in [1.29, 1.82) is 0 Å². The van der Waals surface area contributed by atoms with Gasteiger partial charge in [-0.05, 0) is 24.3 Å². The van der Waals surface area contributed by atoms with Gasteiger partial charge in [0, 0.05) is 25.0 Å². The van der Waals surface area contributed by atoms with Crippen molar-refractivity contribution in [2.24, 2.45) is 5.73 Å². The predicted molar refractivity (Wildman–Crippen MR) is 96.6 cm³/mol. The van der Waals surface area contributed by atoms with Crippen LogP contribution in [0.4, 0.5) is 13.6 Å². The van der Waals surface area contributed by atoms with E-state index in [0.717, 1.165) is 30.6 Å². The molecule has 3 N–H and O–H groups in total. The van der Waals surface area contributed by atoms with Crippen molar-refractivity contribution in [3.8, 4) is 11.3 Å². The molecule has 10 nitrogen and oxygen atoms in total. The van der Waals surface area contributed by atoms with Gasteiger partial charge in [0.2, 0.25) is 11.0 Å². The number of hydrogen-bond donors (Lipinski definition) is 2. The molecule has 0 aliphatic rings. The van der Waals surface area contributed by atoms with Crippen molar-refractivity contribution in [2.75, 3.05) is 7.05 Å². The number of carbonyl (C=O) groups excluding carboxylic acids is 2. The Hall–Kier alpha value is -3.74. The summed E-state index contributed by atoms with van der Waals surface area (Å²) >= 11 is 0. The molecule has 3 aromatic rings. The molecule has 158 valence electrons. The van der Waals surface area contributed by atoms with Crippen LogP contribution in [0.25, 0.3) is 11.3 Å². The maximum Gasteiger partial charge on any atom is 0.407 e. The highest BCUT2D eigenvalue weighted by Gasteiger charge is 2.31. The van der Waals surface area contributed by atoms with E-state index in [1.165, 1.54) is 13.1 Å². The van der Waals surface area contributed by atoms with Crippen LogP contribution in [-0.2, 0) is 21.4 Å². The summed E-state index contributed by atoms with van der Waals surface area (Å²) in [6, 6.07) is 4.36. The number of halogens is 2. The first-order valence-corrected chi connectivity index (χ1v) is 9.61. The van der Waals surface area contributed by atoms with E-state index in [9.17, 15) is 22.4 Å². The number of pyridine rings is 1. The molecule has 2 amide bonds. The largest absolute Gasteiger partial charge is 0.445 e. The number of rotatable bonds is 6. The Labute approximate surface area is 168 Å². The van der Waals surface area contributed by atoms with Crippen molar-refractivity contribution in [3.05, 3.63) is 59.7 Å². The van der Waals surface area contributed by atoms with E-state index in [1.54, 1.807) is 0 Å². The van der Waals surface area contributed by atoms with Crippen LogP contribution < -0.4 is 11.1 Å². The zero-order valence-electron chi connectivity index (χ0n) is 15.3. The highest BCUT2D eigenvalue weighted by atomic mass is 32.2. The predicted octanol–water partition coefficient (Wildman–Crippen LogP) is 1.61. The summed E-state index contributed by atoms with van der Waals surface area (Å²) < 4.78 is 65.5. The lowest BCUT2D eigenvalue weighted by Crippen LogP contribution is -2.19. The third-order valence-electron chi connectivity index (χ3n) is 3.90. The van der Waals surface area contributed by atoms with Gasteiger partial charge in [0.15, 0.2) is 11.6 Å². The molecule has 0 aliphatic carbocycles. The fourth-order valence-corrected chi connectivity index (χ4v) is 3.82. The Kier molecular flexibility index (Phi) is 5.56. The number of carbonyl (C=O) groups is 2. The number of amides is 2. The van der Waals surface area contributed by atoms with E-state index in [1.807, 2.05) is 0 Å². The second-order valence-corrected chi connectivity index (χ2v) is 7.51. The fraction of sp³-hybridized carbons (Fsp3) is 0.118. The molecule has 3 heterocycles. The van der Waals surface area contributed by atoms with Crippen molar-refractivity contribution < 1.29 is 35.9 Å². The molecule has 0 atom stereocenters. The third kappa shape index (κ3) is 3.74. The zero-order valence-corrected chi connectivity index (χ0v) is 16.1. The molecular weight excluding hydrogens is 426 g/mol. The molecule has 0 aliphatic heterocycles. The monoisotopic (exact) mass is 440 g/mol. The van der Waals surface area contributed by atoms with E-state index < -0.39 is 62.5 Å². The summed E-state index contributed by atoms with van der Waals surface area (Å²) in [4.78, 5) is 25.9. The number of ether oxygens (including phenoxy) is 1. The molecule has 0 spiro atoms. The molecule has 3 aromatic heterocycles. The lowest BCUT2D eigenvalue weighted by molar-refractivity contribution is 0.0968. The lowest BCUT2D eigenvalue weighted by Gasteiger charge is -2.09. The average Bonchev–Trinajstić information content (AvgIpc) is 3.33. The minimum atomic E-state index is -4.64. The minimum absolute atomic E-state index is 0.359. The highest BCUT2D eigenvalue weighted by Crippen LogP contribution is 2.32. The van der Waals surface area contributed by atoms with Gasteiger partial charge in [-0.3, -0.25) is 4.79 Å². The molecular formula is C17H14F2N4O6S. The molecule has 30 heavy (non-hydrogen) atoms. The van der Waals surface area contributed by atoms with Crippen LogP contribution in [0.1, 0.15) is 16.1 Å². The van der Waals surface area contributed by atoms with Crippen LogP contribution in [0.5, 0.6) is 0 Å². The quantitative estimate of drug-likeness (QED) is 0.554. The molecule has 0 saturated carbocycles. The third-order valence-corrected chi connectivity index (χ3v) is 5.43. The second kappa shape index (κ2) is 7.94. The van der Waals surface area contributed by atoms with Crippen LogP contribution in [0.3, 0.4) is 0 Å². The average molecular weight is 440 g/mol. The number of aromatic nitrogens is 2. The number of hydrogen-bond acceptors (Lipinski definition) is 7. The van der Waals surface area contributed by atoms with Gasteiger partial charge in [-0.25, -0.2) is 18.1 Å². The Morgan fingerprint density at radius 1 is 1.30 bits per heavy atom. The number of primary amides is 1. The molecule has 13 heteroatoms. The maximum absolute atomic E-state index is 15.1. The summed E-state index contributed by atoms with van der Waals surface area (Å²) in [6.07, 6.45) is 1.01. The van der Waals surface area contributed by atoms with Crippen LogP contribution in [0, 0.1) is 11.8 Å². The second-order valence-electron chi connectivity index (χ2n) is 5.77. The normalized spacial score (nSPS) is 11.3. The van der Waals surface area contributed by atoms with Gasteiger partial charge < -0.3 is 20.2 Å². The fourth-order valence-electron chi connectivity index (χ4n) is 2.51. The number of nitrogens with one attached hydrogen (secondary N) is 1. The summed E-state index contributed by atoms with van der Waals surface area (Å²) in [5.41, 5.74) is 3.53. The molecule has 0 bridgehead atoms. The maximum atomic E-state index is 15.1. The lowest BCUT2D eigenvalue weighted by atomic mass is 10.2. The van der Waals surface area contributed by atoms with Crippen LogP contribution in [0.2, 0.25) is 0 Å². The first-order chi connectivity index (χ1) is 14.2. The summed E-state index contributed by atoms with van der Waals surface area (Å²) in [6.45, 7) is -0.645. The standard InChI is InChI=1S/C17H14F2N4O6S/c1-21-17(25)28-8-9-7-23(14(13(9)18)10-3-2-6-22-15(10)19)30(26,27)12-5-4-11(29-12)16(20)24/h2-7H,8H2,1H3,(H2,20,24)(H,21,25). The van der Waals surface area contributed by atoms with Gasteiger partial charge in [0.25, 0.3) is 5.91 Å². The van der Waals surface area contributed by atoms with E-state index in [-0.39, 0.29) is 5.56 Å². The number of nitrogens with zero attached hydrogens (tertiary/aromatic N) is 2. The topological polar surface area (TPSA) is 147 Å². The van der Waals surface area contributed by atoms with Gasteiger partial charge in [0.05, 0.1) is 5.56 Å². The van der Waals surface area contributed by atoms with Gasteiger partial charge in [-0.15, -0.1) is 0 Å². The zero-order chi connectivity index (χ0) is 22.1. The summed E-state index contributed by atoms with van der Waals surface area (Å²) in [5, 5.41) is 1.41. The Morgan fingerprint density at radius 3 is 2.63 bits per heavy atom. The molecule has 0 aromatic carbocycles. The molecule has 3 rings (SSSR count). The van der Waals surface area contributed by atoms with Gasteiger partial charge in [-0.1, -0.05) is 0 Å². The minimum Gasteiger partial charge on any atom is -0.445 e. The number of furan rings is 1. The van der Waals surface area contributed by atoms with Gasteiger partial charge in [-0.2, -0.15) is 12.8 Å². The van der Waals surface area contributed by atoms with E-state index >= 15 is 4.39 Å². The Bertz CT molecular complexity index is 1230. The van der Waals surface area contributed by atoms with Crippen molar-refractivity contribution in [3.63, 3.8) is 0 Å². The first-order valence-electron chi connectivity index (χ1n) is 8.17. The van der Waals surface area contributed by atoms with E-state index in [0.29, 0.717) is 3.97 Å². The molecule has 0 radical (unpaired) electrons. The van der Waals surface area contributed by atoms with E-state index in [2.05, 4.69) is 10.3 Å². The van der Waals surface area contributed by atoms with Crippen LogP contribution >= 0.6 is 0 Å². The van der Waals surface area contributed by atoms with Gasteiger partial charge in [0.1, 0.15) is 12.3 Å². The van der Waals surface area contributed by atoms with Crippen LogP contribution in [0.15, 0.2) is 46.2 Å². The molecule has 0 saturated heterocycles. The number of alkyl carbamates (subject to hydrolysis) is 1. The summed E-state index contributed by atoms with van der Waals surface area (Å²) in [5.74, 6) is -3.76. The van der Waals surface area contributed by atoms with E-state index in [4.69, 9.17) is 14.9 Å². The molecule has 0 unspecified atom stereocenters. The van der Waals surface area contributed by atoms with Crippen molar-refractivity contribution >= 4 is 22.0 Å².